The van der Waals surface area contributed by atoms with Crippen LogP contribution in [0.4, 0.5) is 3.89 Å². The van der Waals surface area contributed by atoms with Crippen LogP contribution in [0.15, 0.2) is 53.4 Å². The third-order valence-electron chi connectivity index (χ3n) is 2.29. The molecule has 0 nitrogen and oxygen atoms in total. The summed E-state index contributed by atoms with van der Waals surface area (Å²) >= 11 is 0.276. The Labute approximate surface area is 93.4 Å². The summed E-state index contributed by atoms with van der Waals surface area (Å²) in [6.45, 7) is 2.06. The summed E-state index contributed by atoms with van der Waals surface area (Å²) in [6.07, 6.45) is 0. The Bertz CT molecular complexity index is 448. The highest BCUT2D eigenvalue weighted by Crippen LogP contribution is 2.24. The smallest absolute Gasteiger partial charge is 0.0812 e. The summed E-state index contributed by atoms with van der Waals surface area (Å²) in [7, 11) is 0. The van der Waals surface area contributed by atoms with Crippen molar-refractivity contribution in [2.24, 2.45) is 0 Å². The lowest BCUT2D eigenvalue weighted by Gasteiger charge is -2.03. The number of benzene rings is 2. The molecule has 0 saturated heterocycles. The minimum atomic E-state index is 0.276. The molecule has 2 aromatic carbocycles. The maximum absolute atomic E-state index is 12.2. The average molecular weight is 218 g/mol. The molecule has 0 spiro atoms. The van der Waals surface area contributed by atoms with Gasteiger partial charge in [-0.3, -0.25) is 0 Å². The van der Waals surface area contributed by atoms with E-state index in [2.05, 4.69) is 25.1 Å². The van der Waals surface area contributed by atoms with Crippen LogP contribution in [0.3, 0.4) is 0 Å². The van der Waals surface area contributed by atoms with Crippen molar-refractivity contribution < 1.29 is 3.89 Å². The molecule has 2 rings (SSSR count). The summed E-state index contributed by atoms with van der Waals surface area (Å²) in [5.41, 5.74) is 3.53. The fourth-order valence-corrected chi connectivity index (χ4v) is 1.76. The summed E-state index contributed by atoms with van der Waals surface area (Å²) in [5.74, 6) is 0. The standard InChI is InChI=1S/C13H11FS/c1-10-3-2-4-12(9-10)11-5-7-13(15-14)8-6-11/h2-9H,1H3. The normalized spacial score (nSPS) is 10.3. The molecule has 0 amide bonds. The van der Waals surface area contributed by atoms with Gasteiger partial charge in [0.1, 0.15) is 0 Å². The molecule has 0 atom stereocenters. The molecule has 15 heavy (non-hydrogen) atoms. The van der Waals surface area contributed by atoms with Gasteiger partial charge in [-0.05, 0) is 30.2 Å². The highest BCUT2D eigenvalue weighted by Gasteiger charge is 1.98. The second-order valence-corrected chi connectivity index (χ2v) is 4.10. The molecule has 0 heterocycles. The van der Waals surface area contributed by atoms with Crippen LogP contribution in [0.5, 0.6) is 0 Å². The Hall–Kier alpha value is -1.28. The molecule has 0 radical (unpaired) electrons. The van der Waals surface area contributed by atoms with E-state index in [-0.39, 0.29) is 12.1 Å². The van der Waals surface area contributed by atoms with Crippen molar-refractivity contribution >= 4 is 12.1 Å². The molecule has 0 saturated carbocycles. The lowest BCUT2D eigenvalue weighted by Crippen LogP contribution is -1.79. The monoisotopic (exact) mass is 218 g/mol. The van der Waals surface area contributed by atoms with E-state index in [1.54, 1.807) is 12.1 Å². The fraction of sp³-hybridized carbons (Fsp3) is 0.0769. The van der Waals surface area contributed by atoms with Crippen LogP contribution in [-0.4, -0.2) is 0 Å². The summed E-state index contributed by atoms with van der Waals surface area (Å²) < 4.78 is 12.2. The van der Waals surface area contributed by atoms with Crippen LogP contribution in [0, 0.1) is 6.92 Å². The van der Waals surface area contributed by atoms with E-state index in [0.717, 1.165) is 5.56 Å². The molecule has 0 N–H and O–H groups in total. The lowest BCUT2D eigenvalue weighted by molar-refractivity contribution is 0.934. The minimum Gasteiger partial charge on any atom is -0.160 e. The van der Waals surface area contributed by atoms with Crippen molar-refractivity contribution in [3.05, 3.63) is 54.1 Å². The van der Waals surface area contributed by atoms with E-state index in [1.807, 2.05) is 18.2 Å². The molecule has 76 valence electrons. The number of aryl methyl sites for hydroxylation is 1. The van der Waals surface area contributed by atoms with Gasteiger partial charge in [0.25, 0.3) is 0 Å². The molecule has 0 aliphatic rings. The van der Waals surface area contributed by atoms with Crippen molar-refractivity contribution in [1.82, 2.24) is 0 Å². The van der Waals surface area contributed by atoms with Crippen LogP contribution in [0.25, 0.3) is 11.1 Å². The molecule has 0 fully saturated rings. The zero-order chi connectivity index (χ0) is 10.7. The zero-order valence-electron chi connectivity index (χ0n) is 8.41. The van der Waals surface area contributed by atoms with E-state index >= 15 is 0 Å². The quantitative estimate of drug-likeness (QED) is 0.707. The van der Waals surface area contributed by atoms with Gasteiger partial charge in [0.2, 0.25) is 0 Å². The highest BCUT2D eigenvalue weighted by atomic mass is 32.2. The minimum absolute atomic E-state index is 0.276. The molecular weight excluding hydrogens is 207 g/mol. The first-order chi connectivity index (χ1) is 7.29. The third kappa shape index (κ3) is 2.39. The maximum Gasteiger partial charge on any atom is 0.0812 e. The first-order valence-electron chi connectivity index (χ1n) is 4.75. The van der Waals surface area contributed by atoms with Crippen molar-refractivity contribution in [1.29, 1.82) is 0 Å². The van der Waals surface area contributed by atoms with E-state index in [9.17, 15) is 3.89 Å². The molecule has 2 heteroatoms. The van der Waals surface area contributed by atoms with Crippen molar-refractivity contribution in [2.75, 3.05) is 0 Å². The SMILES string of the molecule is Cc1cccc(-c2ccc(SF)cc2)c1. The molecule has 0 aliphatic heterocycles. The Morgan fingerprint density at radius 2 is 1.67 bits per heavy atom. The van der Waals surface area contributed by atoms with Gasteiger partial charge in [0, 0.05) is 4.90 Å². The first-order valence-corrected chi connectivity index (χ1v) is 5.47. The largest absolute Gasteiger partial charge is 0.160 e. The molecule has 0 aliphatic carbocycles. The Morgan fingerprint density at radius 1 is 0.933 bits per heavy atom. The van der Waals surface area contributed by atoms with Crippen LogP contribution in [-0.2, 0) is 0 Å². The van der Waals surface area contributed by atoms with Crippen LogP contribution >= 0.6 is 12.1 Å². The third-order valence-corrected chi connectivity index (χ3v) is 2.75. The predicted octanol–water partition coefficient (Wildman–Crippen LogP) is 4.64. The fourth-order valence-electron chi connectivity index (χ4n) is 1.52. The number of rotatable bonds is 2. The van der Waals surface area contributed by atoms with E-state index < -0.39 is 0 Å². The van der Waals surface area contributed by atoms with Gasteiger partial charge in [0.05, 0.1) is 12.1 Å². The molecular formula is C13H11FS. The summed E-state index contributed by atoms with van der Waals surface area (Å²) in [6, 6.07) is 15.7. The summed E-state index contributed by atoms with van der Waals surface area (Å²) in [5, 5.41) is 0. The van der Waals surface area contributed by atoms with Crippen molar-refractivity contribution in [3.8, 4) is 11.1 Å². The average Bonchev–Trinajstić information content (AvgIpc) is 2.29. The highest BCUT2D eigenvalue weighted by molar-refractivity contribution is 7.94. The van der Waals surface area contributed by atoms with Gasteiger partial charge in [-0.2, -0.15) is 3.89 Å². The van der Waals surface area contributed by atoms with E-state index in [1.165, 1.54) is 11.1 Å². The Kier molecular flexibility index (Phi) is 3.07. The molecule has 2 aromatic rings. The second-order valence-electron chi connectivity index (χ2n) is 3.47. The molecule has 0 aromatic heterocycles. The van der Waals surface area contributed by atoms with Crippen LogP contribution in [0.1, 0.15) is 5.56 Å². The number of hydrogen-bond donors (Lipinski definition) is 0. The molecule has 0 unspecified atom stereocenters. The van der Waals surface area contributed by atoms with Crippen molar-refractivity contribution in [3.63, 3.8) is 0 Å². The van der Waals surface area contributed by atoms with E-state index in [4.69, 9.17) is 0 Å². The van der Waals surface area contributed by atoms with Gasteiger partial charge in [-0.1, -0.05) is 42.0 Å². The maximum atomic E-state index is 12.2. The number of halogens is 1. The Balaban J connectivity index is 2.37. The molecule has 0 bridgehead atoms. The first kappa shape index (κ1) is 10.2. The topological polar surface area (TPSA) is 0 Å². The van der Waals surface area contributed by atoms with Crippen LogP contribution in [0.2, 0.25) is 0 Å². The second kappa shape index (κ2) is 4.49. The van der Waals surface area contributed by atoms with Gasteiger partial charge in [-0.25, -0.2) is 0 Å². The number of hydrogen-bond acceptors (Lipinski definition) is 1. The zero-order valence-corrected chi connectivity index (χ0v) is 9.22. The van der Waals surface area contributed by atoms with Gasteiger partial charge >= 0.3 is 0 Å². The van der Waals surface area contributed by atoms with Crippen LogP contribution < -0.4 is 0 Å². The lowest BCUT2D eigenvalue weighted by atomic mass is 10.0. The predicted molar refractivity (Wildman–Crippen MR) is 63.6 cm³/mol. The summed E-state index contributed by atoms with van der Waals surface area (Å²) in [4.78, 5) is 0.645. The van der Waals surface area contributed by atoms with Crippen molar-refractivity contribution in [2.45, 2.75) is 11.8 Å². The van der Waals surface area contributed by atoms with Gasteiger partial charge < -0.3 is 0 Å². The van der Waals surface area contributed by atoms with Gasteiger partial charge in [-0.15, -0.1) is 0 Å². The van der Waals surface area contributed by atoms with E-state index in [0.29, 0.717) is 4.90 Å². The van der Waals surface area contributed by atoms with Gasteiger partial charge in [0.15, 0.2) is 0 Å². The Morgan fingerprint density at radius 3 is 2.27 bits per heavy atom.